The fraction of sp³-hybridized carbons (Fsp3) is 0. The molecule has 2 N–H and O–H groups in total. The smallest absolute Gasteiger partial charge is 0.345 e. The highest BCUT2D eigenvalue weighted by Gasteiger charge is 2.15. The molecule has 10 heteroatoms. The molecule has 3 aromatic rings. The van der Waals surface area contributed by atoms with Crippen LogP contribution in [0.2, 0.25) is 15.1 Å². The number of rotatable bonds is 5. The van der Waals surface area contributed by atoms with Crippen molar-refractivity contribution in [2.75, 3.05) is 5.32 Å². The lowest BCUT2D eigenvalue weighted by molar-refractivity contribution is -0.136. The second kappa shape index (κ2) is 10.8. The molecule has 0 spiro atoms. The summed E-state index contributed by atoms with van der Waals surface area (Å²) in [5.74, 6) is -2.35. The van der Waals surface area contributed by atoms with Crippen molar-refractivity contribution in [2.24, 2.45) is 5.10 Å². The molecule has 0 aliphatic rings. The van der Waals surface area contributed by atoms with Crippen LogP contribution < -0.4 is 15.5 Å². The molecule has 0 aromatic heterocycles. The summed E-state index contributed by atoms with van der Waals surface area (Å²) in [7, 11) is 0. The van der Waals surface area contributed by atoms with E-state index >= 15 is 0 Å². The van der Waals surface area contributed by atoms with Gasteiger partial charge in [0, 0.05) is 5.02 Å². The van der Waals surface area contributed by atoms with Crippen LogP contribution in [0.5, 0.6) is 5.75 Å². The Morgan fingerprint density at radius 3 is 2.38 bits per heavy atom. The van der Waals surface area contributed by atoms with Crippen LogP contribution in [-0.4, -0.2) is 24.0 Å². The maximum absolute atomic E-state index is 12.3. The zero-order valence-electron chi connectivity index (χ0n) is 16.1. The molecule has 2 amide bonds. The number of anilines is 1. The number of carbonyl (C=O) groups excluding carboxylic acids is 3. The molecule has 0 bridgehead atoms. The Hall–Kier alpha value is -3.39. The van der Waals surface area contributed by atoms with Crippen molar-refractivity contribution in [3.8, 4) is 5.75 Å². The number of nitrogens with one attached hydrogen (secondary N) is 2. The van der Waals surface area contributed by atoms with Crippen molar-refractivity contribution in [3.05, 3.63) is 92.9 Å². The summed E-state index contributed by atoms with van der Waals surface area (Å²) in [4.78, 5) is 36.2. The summed E-state index contributed by atoms with van der Waals surface area (Å²) in [5, 5.41) is 6.97. The quantitative estimate of drug-likeness (QED) is 0.174. The molecule has 0 saturated heterocycles. The number of halogens is 3. The minimum atomic E-state index is -0.985. The van der Waals surface area contributed by atoms with Gasteiger partial charge in [-0.2, -0.15) is 5.10 Å². The summed E-state index contributed by atoms with van der Waals surface area (Å²) in [5.41, 5.74) is 3.07. The Bertz CT molecular complexity index is 1210. The Kier molecular flexibility index (Phi) is 7.83. The Labute approximate surface area is 197 Å². The SMILES string of the molecule is O=C(N/N=C\c1cccc(OC(=O)c2ccc(Cl)cc2Cl)c1)C(=O)Nc1ccccc1Cl. The van der Waals surface area contributed by atoms with Gasteiger partial charge in [0.25, 0.3) is 0 Å². The molecule has 0 atom stereocenters. The normalized spacial score (nSPS) is 10.6. The Morgan fingerprint density at radius 2 is 1.62 bits per heavy atom. The summed E-state index contributed by atoms with van der Waals surface area (Å²) in [6.07, 6.45) is 1.29. The molecule has 0 aliphatic carbocycles. The van der Waals surface area contributed by atoms with Gasteiger partial charge in [-0.15, -0.1) is 0 Å². The summed E-state index contributed by atoms with van der Waals surface area (Å²) < 4.78 is 5.31. The number of esters is 1. The number of amides is 2. The van der Waals surface area contributed by atoms with E-state index in [0.717, 1.165) is 0 Å². The molecule has 0 fully saturated rings. The molecule has 3 aromatic carbocycles. The average Bonchev–Trinajstić information content (AvgIpc) is 2.75. The Morgan fingerprint density at radius 1 is 0.844 bits per heavy atom. The minimum absolute atomic E-state index is 0.159. The molecule has 3 rings (SSSR count). The van der Waals surface area contributed by atoms with Crippen molar-refractivity contribution in [1.29, 1.82) is 0 Å². The van der Waals surface area contributed by atoms with E-state index in [9.17, 15) is 14.4 Å². The molecule has 162 valence electrons. The fourth-order valence-corrected chi connectivity index (χ4v) is 3.10. The van der Waals surface area contributed by atoms with E-state index in [1.54, 1.807) is 42.5 Å². The molecule has 7 nitrogen and oxygen atoms in total. The molecular weight excluding hydrogens is 477 g/mol. The molecule has 0 heterocycles. The number of carbonyl (C=O) groups is 3. The minimum Gasteiger partial charge on any atom is -0.423 e. The monoisotopic (exact) mass is 489 g/mol. The maximum atomic E-state index is 12.3. The van der Waals surface area contributed by atoms with Gasteiger partial charge in [0.2, 0.25) is 0 Å². The molecular formula is C22H14Cl3N3O4. The van der Waals surface area contributed by atoms with E-state index in [-0.39, 0.29) is 16.3 Å². The first-order chi connectivity index (χ1) is 15.3. The highest BCUT2D eigenvalue weighted by molar-refractivity contribution is 6.41. The number of benzene rings is 3. The largest absolute Gasteiger partial charge is 0.423 e. The maximum Gasteiger partial charge on any atom is 0.345 e. The zero-order chi connectivity index (χ0) is 23.1. The van der Waals surface area contributed by atoms with Crippen molar-refractivity contribution in [3.63, 3.8) is 0 Å². The van der Waals surface area contributed by atoms with Gasteiger partial charge in [-0.25, -0.2) is 10.2 Å². The third-order valence-corrected chi connectivity index (χ3v) is 4.81. The number of para-hydroxylation sites is 1. The van der Waals surface area contributed by atoms with E-state index in [1.165, 1.54) is 30.5 Å². The predicted octanol–water partition coefficient (Wildman–Crippen LogP) is 4.95. The van der Waals surface area contributed by atoms with Crippen LogP contribution >= 0.6 is 34.8 Å². The fourth-order valence-electron chi connectivity index (χ4n) is 2.43. The standard InChI is InChI=1S/C22H14Cl3N3O4/c23-14-8-9-16(18(25)11-14)22(31)32-15-5-3-4-13(10-15)12-26-28-21(30)20(29)27-19-7-2-1-6-17(19)24/h1-12H,(H,27,29)(H,28,30)/b26-12-. The highest BCUT2D eigenvalue weighted by Crippen LogP contribution is 2.23. The van der Waals surface area contributed by atoms with E-state index < -0.39 is 17.8 Å². The van der Waals surface area contributed by atoms with Gasteiger partial charge in [-0.05, 0) is 48.0 Å². The number of hydrogen-bond donors (Lipinski definition) is 2. The van der Waals surface area contributed by atoms with Crippen molar-refractivity contribution < 1.29 is 19.1 Å². The van der Waals surface area contributed by atoms with E-state index in [1.807, 2.05) is 0 Å². The van der Waals surface area contributed by atoms with Crippen LogP contribution in [0.15, 0.2) is 71.8 Å². The molecule has 0 saturated carbocycles. The third-order valence-electron chi connectivity index (χ3n) is 3.93. The second-order valence-electron chi connectivity index (χ2n) is 6.22. The number of hydrogen-bond acceptors (Lipinski definition) is 5. The average molecular weight is 491 g/mol. The topological polar surface area (TPSA) is 96.9 Å². The summed E-state index contributed by atoms with van der Waals surface area (Å²) in [6.45, 7) is 0. The van der Waals surface area contributed by atoms with Crippen molar-refractivity contribution in [1.82, 2.24) is 5.43 Å². The first kappa shape index (κ1) is 23.3. The zero-order valence-corrected chi connectivity index (χ0v) is 18.4. The molecule has 0 radical (unpaired) electrons. The predicted molar refractivity (Wildman–Crippen MR) is 124 cm³/mol. The lowest BCUT2D eigenvalue weighted by Gasteiger charge is -2.07. The van der Waals surface area contributed by atoms with Gasteiger partial charge in [-0.3, -0.25) is 9.59 Å². The van der Waals surface area contributed by atoms with Crippen LogP contribution in [-0.2, 0) is 9.59 Å². The van der Waals surface area contributed by atoms with Gasteiger partial charge in [0.05, 0.1) is 27.5 Å². The van der Waals surface area contributed by atoms with E-state index in [2.05, 4.69) is 15.8 Å². The third kappa shape index (κ3) is 6.31. The van der Waals surface area contributed by atoms with Crippen LogP contribution in [0.1, 0.15) is 15.9 Å². The molecule has 32 heavy (non-hydrogen) atoms. The highest BCUT2D eigenvalue weighted by atomic mass is 35.5. The second-order valence-corrected chi connectivity index (χ2v) is 7.47. The van der Waals surface area contributed by atoms with Crippen LogP contribution in [0.3, 0.4) is 0 Å². The van der Waals surface area contributed by atoms with Gasteiger partial charge in [-0.1, -0.05) is 59.1 Å². The van der Waals surface area contributed by atoms with Gasteiger partial charge >= 0.3 is 17.8 Å². The van der Waals surface area contributed by atoms with E-state index in [4.69, 9.17) is 39.5 Å². The summed E-state index contributed by atoms with van der Waals surface area (Å²) >= 11 is 17.8. The van der Waals surface area contributed by atoms with Crippen LogP contribution in [0.25, 0.3) is 0 Å². The summed E-state index contributed by atoms with van der Waals surface area (Å²) in [6, 6.07) is 17.3. The van der Waals surface area contributed by atoms with Crippen LogP contribution in [0, 0.1) is 0 Å². The lowest BCUT2D eigenvalue weighted by atomic mass is 10.2. The molecule has 0 aliphatic heterocycles. The molecule has 0 unspecified atom stereocenters. The first-order valence-electron chi connectivity index (χ1n) is 8.99. The van der Waals surface area contributed by atoms with Crippen molar-refractivity contribution >= 4 is 64.5 Å². The van der Waals surface area contributed by atoms with E-state index in [0.29, 0.717) is 21.3 Å². The number of hydrazone groups is 1. The van der Waals surface area contributed by atoms with Crippen molar-refractivity contribution in [2.45, 2.75) is 0 Å². The van der Waals surface area contributed by atoms with Crippen LogP contribution in [0.4, 0.5) is 5.69 Å². The Balaban J connectivity index is 1.59. The number of ether oxygens (including phenoxy) is 1. The van der Waals surface area contributed by atoms with Gasteiger partial charge in [0.1, 0.15) is 5.75 Å². The number of nitrogens with zero attached hydrogens (tertiary/aromatic N) is 1. The van der Waals surface area contributed by atoms with Gasteiger partial charge in [0.15, 0.2) is 0 Å². The first-order valence-corrected chi connectivity index (χ1v) is 10.1. The lowest BCUT2D eigenvalue weighted by Crippen LogP contribution is -2.32. The van der Waals surface area contributed by atoms with Gasteiger partial charge < -0.3 is 10.1 Å².